The topological polar surface area (TPSA) is 253 Å². The summed E-state index contributed by atoms with van der Waals surface area (Å²) in [5.41, 5.74) is 0. The summed E-state index contributed by atoms with van der Waals surface area (Å²) in [5.74, 6) is 0. The lowest BCUT2D eigenvalue weighted by Crippen LogP contribution is -1.99. The predicted molar refractivity (Wildman–Crippen MR) is 76.5 cm³/mol. The van der Waals surface area contributed by atoms with Crippen molar-refractivity contribution in [3.8, 4) is 0 Å². The minimum atomic E-state index is -6.05. The first-order valence-corrected chi connectivity index (χ1v) is 13.3. The number of phosphoric acid groups is 5. The molecule has 0 aliphatic carbocycles. The van der Waals surface area contributed by atoms with Gasteiger partial charge in [0.15, 0.2) is 0 Å². The lowest BCUT2D eigenvalue weighted by atomic mass is 10.4. The van der Waals surface area contributed by atoms with Gasteiger partial charge in [0.05, 0.1) is 6.61 Å². The van der Waals surface area contributed by atoms with Gasteiger partial charge in [-0.1, -0.05) is 13.3 Å². The van der Waals surface area contributed by atoms with Crippen LogP contribution in [-0.2, 0) is 44.6 Å². The summed E-state index contributed by atoms with van der Waals surface area (Å²) in [6, 6.07) is 0. The number of hydrogen-bond donors (Lipinski definition) is 6. The van der Waals surface area contributed by atoms with E-state index in [1.54, 1.807) is 6.92 Å². The molecule has 6 N–H and O–H groups in total. The van der Waals surface area contributed by atoms with E-state index >= 15 is 0 Å². The lowest BCUT2D eigenvalue weighted by molar-refractivity contribution is 0.167. The molecule has 0 saturated carbocycles. The summed E-state index contributed by atoms with van der Waals surface area (Å²) in [7, 11) is -28.8. The van der Waals surface area contributed by atoms with Crippen molar-refractivity contribution in [2.24, 2.45) is 0 Å². The maximum Gasteiger partial charge on any atom is 0.490 e. The standard InChI is InChI=1S/C4H15O16P5/c1-2-3-4-16-22(8,9)18-24(12,13)20-25(14,15)19-23(10,11)17-21(5,6)7/h2-4H2,1H3,(H,8,9)(H,10,11)(H,12,13)(H,14,15)(H2,5,6,7). The van der Waals surface area contributed by atoms with Gasteiger partial charge in [0.25, 0.3) is 0 Å². The summed E-state index contributed by atoms with van der Waals surface area (Å²) in [4.78, 5) is 52.6. The van der Waals surface area contributed by atoms with E-state index in [9.17, 15) is 22.8 Å². The van der Waals surface area contributed by atoms with Crippen LogP contribution in [0.4, 0.5) is 0 Å². The van der Waals surface area contributed by atoms with Crippen LogP contribution in [0.25, 0.3) is 0 Å². The van der Waals surface area contributed by atoms with Crippen molar-refractivity contribution in [1.82, 2.24) is 0 Å². The van der Waals surface area contributed by atoms with Gasteiger partial charge in [0, 0.05) is 0 Å². The second-order valence-corrected chi connectivity index (χ2v) is 11.5. The zero-order valence-electron chi connectivity index (χ0n) is 12.1. The van der Waals surface area contributed by atoms with Crippen LogP contribution in [0.1, 0.15) is 19.8 Å². The molecule has 4 atom stereocenters. The molecule has 0 aromatic carbocycles. The summed E-state index contributed by atoms with van der Waals surface area (Å²) in [5, 5.41) is 0. The lowest BCUT2D eigenvalue weighted by Gasteiger charge is -2.19. The van der Waals surface area contributed by atoms with E-state index in [1.165, 1.54) is 0 Å². The Morgan fingerprint density at radius 1 is 0.640 bits per heavy atom. The Kier molecular flexibility index (Phi) is 9.53. The Balaban J connectivity index is 4.99. The Morgan fingerprint density at radius 2 is 1.00 bits per heavy atom. The molecule has 0 heterocycles. The molecule has 0 fully saturated rings. The average molecular weight is 474 g/mol. The second kappa shape index (κ2) is 9.27. The highest BCUT2D eigenvalue weighted by atomic mass is 31.3. The van der Waals surface area contributed by atoms with Crippen LogP contribution in [0.15, 0.2) is 0 Å². The minimum Gasteiger partial charge on any atom is -0.302 e. The largest absolute Gasteiger partial charge is 0.490 e. The van der Waals surface area contributed by atoms with Crippen molar-refractivity contribution in [1.29, 1.82) is 0 Å². The number of phosphoric ester groups is 1. The third-order valence-corrected chi connectivity index (χ3v) is 8.72. The Hall–Kier alpha value is 0.710. The van der Waals surface area contributed by atoms with Crippen molar-refractivity contribution in [3.63, 3.8) is 0 Å². The first kappa shape index (κ1) is 25.7. The highest BCUT2D eigenvalue weighted by Gasteiger charge is 2.47. The van der Waals surface area contributed by atoms with Crippen LogP contribution in [0.2, 0.25) is 0 Å². The smallest absolute Gasteiger partial charge is 0.302 e. The van der Waals surface area contributed by atoms with E-state index in [1.807, 2.05) is 0 Å². The van der Waals surface area contributed by atoms with Crippen LogP contribution in [0, 0.1) is 0 Å². The molecule has 0 spiro atoms. The molecule has 0 radical (unpaired) electrons. The zero-order valence-corrected chi connectivity index (χ0v) is 16.6. The minimum absolute atomic E-state index is 0.250. The van der Waals surface area contributed by atoms with Gasteiger partial charge in [-0.2, -0.15) is 17.2 Å². The van der Waals surface area contributed by atoms with Gasteiger partial charge in [-0.05, 0) is 6.42 Å². The van der Waals surface area contributed by atoms with Crippen molar-refractivity contribution >= 4 is 39.1 Å². The van der Waals surface area contributed by atoms with Crippen LogP contribution in [-0.4, -0.2) is 36.0 Å². The predicted octanol–water partition coefficient (Wildman–Crippen LogP) is 1.36. The van der Waals surface area contributed by atoms with Gasteiger partial charge >= 0.3 is 39.1 Å². The molecule has 0 saturated heterocycles. The normalized spacial score (nSPS) is 22.4. The molecule has 0 amide bonds. The van der Waals surface area contributed by atoms with E-state index < -0.39 is 39.1 Å². The van der Waals surface area contributed by atoms with Gasteiger partial charge in [-0.15, -0.1) is 0 Å². The van der Waals surface area contributed by atoms with Crippen LogP contribution >= 0.6 is 39.1 Å². The second-order valence-electron chi connectivity index (χ2n) is 3.88. The fourth-order valence-corrected chi connectivity index (χ4v) is 6.83. The van der Waals surface area contributed by atoms with Crippen molar-refractivity contribution in [2.45, 2.75) is 19.8 Å². The van der Waals surface area contributed by atoms with Crippen LogP contribution in [0.3, 0.4) is 0 Å². The molecule has 4 unspecified atom stereocenters. The molecule has 0 aromatic heterocycles. The molecule has 0 aromatic rings. The van der Waals surface area contributed by atoms with E-state index in [2.05, 4.69) is 21.8 Å². The van der Waals surface area contributed by atoms with E-state index in [4.69, 9.17) is 29.4 Å². The van der Waals surface area contributed by atoms with Crippen LogP contribution in [0.5, 0.6) is 0 Å². The van der Waals surface area contributed by atoms with Gasteiger partial charge in [0.1, 0.15) is 0 Å². The molecule has 152 valence electrons. The average Bonchev–Trinajstić information content (AvgIpc) is 2.18. The molecular weight excluding hydrogens is 459 g/mol. The molecule has 21 heteroatoms. The summed E-state index contributed by atoms with van der Waals surface area (Å²) in [6.07, 6.45) is 0.762. The quantitative estimate of drug-likeness (QED) is 0.172. The maximum atomic E-state index is 11.4. The Labute approximate surface area is 140 Å². The SMILES string of the molecule is CCCCOP(=O)(O)OP(=O)(O)OP(=O)(O)OP(=O)(O)OP(=O)(O)O. The fraction of sp³-hybridized carbons (Fsp3) is 1.00. The molecule has 16 nitrogen and oxygen atoms in total. The van der Waals surface area contributed by atoms with Gasteiger partial charge < -0.3 is 29.4 Å². The molecule has 0 bridgehead atoms. The molecule has 0 aliphatic heterocycles. The third kappa shape index (κ3) is 13.5. The number of hydrogen-bond acceptors (Lipinski definition) is 10. The summed E-state index contributed by atoms with van der Waals surface area (Å²) in [6.45, 7) is 1.29. The van der Waals surface area contributed by atoms with Crippen LogP contribution < -0.4 is 0 Å². The molecule has 0 aliphatic rings. The van der Waals surface area contributed by atoms with Crippen molar-refractivity contribution in [2.75, 3.05) is 6.61 Å². The van der Waals surface area contributed by atoms with Crippen molar-refractivity contribution < 1.29 is 74.0 Å². The summed E-state index contributed by atoms with van der Waals surface area (Å²) >= 11 is 0. The van der Waals surface area contributed by atoms with E-state index in [-0.39, 0.29) is 13.0 Å². The maximum absolute atomic E-state index is 11.4. The Bertz CT molecular complexity index is 676. The van der Waals surface area contributed by atoms with E-state index in [0.29, 0.717) is 6.42 Å². The summed E-state index contributed by atoms with van der Waals surface area (Å²) < 4.78 is 73.1. The van der Waals surface area contributed by atoms with Crippen molar-refractivity contribution in [3.05, 3.63) is 0 Å². The Morgan fingerprint density at radius 3 is 1.36 bits per heavy atom. The monoisotopic (exact) mass is 474 g/mol. The molecular formula is C4H15O16P5. The van der Waals surface area contributed by atoms with E-state index in [0.717, 1.165) is 0 Å². The molecule has 25 heavy (non-hydrogen) atoms. The number of rotatable bonds is 12. The van der Waals surface area contributed by atoms with Gasteiger partial charge in [-0.3, -0.25) is 4.52 Å². The number of unbranched alkanes of at least 4 members (excludes halogenated alkanes) is 1. The first-order chi connectivity index (χ1) is 10.9. The fourth-order valence-electron chi connectivity index (χ4n) is 0.918. The highest BCUT2D eigenvalue weighted by molar-refractivity contribution is 7.71. The third-order valence-electron chi connectivity index (χ3n) is 1.58. The van der Waals surface area contributed by atoms with Gasteiger partial charge in [-0.25, -0.2) is 22.8 Å². The molecule has 0 rings (SSSR count). The first-order valence-electron chi connectivity index (χ1n) is 5.75. The van der Waals surface area contributed by atoms with Gasteiger partial charge in [0.2, 0.25) is 0 Å². The highest BCUT2D eigenvalue weighted by Crippen LogP contribution is 2.73. The zero-order chi connectivity index (χ0) is 20.2.